The van der Waals surface area contributed by atoms with E-state index in [9.17, 15) is 14.0 Å². The van der Waals surface area contributed by atoms with Gasteiger partial charge in [0.1, 0.15) is 5.75 Å². The number of halogens is 1. The number of aromatic nitrogens is 1. The van der Waals surface area contributed by atoms with Crippen molar-refractivity contribution < 1.29 is 23.8 Å². The minimum absolute atomic E-state index is 0.0715. The van der Waals surface area contributed by atoms with Crippen molar-refractivity contribution in [2.75, 3.05) is 13.1 Å². The standard InChI is InChI=1S/C20H19FN2O4/c21-17-12-14(3-5-18(17)27-16-2-1-9-22-13-16)4-6-19(24)23-10-7-15(8-11-23)20(25)26/h1-6,9,12-13,15H,7-8,10-11H2,(H,25,26). The fourth-order valence-electron chi connectivity index (χ4n) is 2.86. The highest BCUT2D eigenvalue weighted by Gasteiger charge is 2.25. The molecule has 2 aromatic rings. The number of benzene rings is 1. The summed E-state index contributed by atoms with van der Waals surface area (Å²) < 4.78 is 19.6. The molecule has 27 heavy (non-hydrogen) atoms. The van der Waals surface area contributed by atoms with Crippen LogP contribution in [-0.4, -0.2) is 40.0 Å². The number of aliphatic carboxylic acids is 1. The molecule has 1 aromatic carbocycles. The lowest BCUT2D eigenvalue weighted by Crippen LogP contribution is -2.39. The van der Waals surface area contributed by atoms with Crippen LogP contribution in [-0.2, 0) is 9.59 Å². The average Bonchev–Trinajstić information content (AvgIpc) is 2.69. The zero-order chi connectivity index (χ0) is 19.2. The van der Waals surface area contributed by atoms with E-state index in [-0.39, 0.29) is 17.6 Å². The lowest BCUT2D eigenvalue weighted by atomic mass is 9.97. The monoisotopic (exact) mass is 370 g/mol. The fourth-order valence-corrected chi connectivity index (χ4v) is 2.86. The molecule has 0 aliphatic carbocycles. The van der Waals surface area contributed by atoms with Crippen molar-refractivity contribution in [3.05, 3.63) is 60.2 Å². The summed E-state index contributed by atoms with van der Waals surface area (Å²) in [5.41, 5.74) is 0.528. The van der Waals surface area contributed by atoms with Gasteiger partial charge in [0.25, 0.3) is 0 Å². The zero-order valence-corrected chi connectivity index (χ0v) is 14.5. The number of carbonyl (C=O) groups is 2. The number of carboxylic acids is 1. The van der Waals surface area contributed by atoms with Crippen LogP contribution in [0.3, 0.4) is 0 Å². The van der Waals surface area contributed by atoms with Gasteiger partial charge in [0.15, 0.2) is 11.6 Å². The Hall–Kier alpha value is -3.22. The quantitative estimate of drug-likeness (QED) is 0.817. The second kappa shape index (κ2) is 8.44. The number of piperidine rings is 1. The number of amides is 1. The van der Waals surface area contributed by atoms with Crippen molar-refractivity contribution in [1.29, 1.82) is 0 Å². The predicted molar refractivity (Wildman–Crippen MR) is 96.7 cm³/mol. The van der Waals surface area contributed by atoms with E-state index < -0.39 is 11.8 Å². The molecule has 140 valence electrons. The first-order chi connectivity index (χ1) is 13.0. The molecular weight excluding hydrogens is 351 g/mol. The summed E-state index contributed by atoms with van der Waals surface area (Å²) in [7, 11) is 0. The van der Waals surface area contributed by atoms with Crippen LogP contribution in [0.15, 0.2) is 48.8 Å². The highest BCUT2D eigenvalue weighted by Crippen LogP contribution is 2.25. The summed E-state index contributed by atoms with van der Waals surface area (Å²) in [4.78, 5) is 28.7. The van der Waals surface area contributed by atoms with E-state index in [2.05, 4.69) is 4.98 Å². The van der Waals surface area contributed by atoms with Gasteiger partial charge in [-0.25, -0.2) is 4.39 Å². The third-order valence-electron chi connectivity index (χ3n) is 4.39. The summed E-state index contributed by atoms with van der Waals surface area (Å²) in [5.74, 6) is -1.46. The molecule has 6 nitrogen and oxygen atoms in total. The van der Waals surface area contributed by atoms with Gasteiger partial charge in [0.05, 0.1) is 12.1 Å². The molecule has 0 atom stereocenters. The van der Waals surface area contributed by atoms with Gasteiger partial charge in [0.2, 0.25) is 5.91 Å². The molecule has 0 unspecified atom stereocenters. The SMILES string of the molecule is O=C(O)C1CCN(C(=O)C=Cc2ccc(Oc3cccnc3)c(F)c2)CC1. The topological polar surface area (TPSA) is 79.7 Å². The van der Waals surface area contributed by atoms with Crippen LogP contribution in [0.2, 0.25) is 0 Å². The van der Waals surface area contributed by atoms with E-state index in [0.29, 0.717) is 37.2 Å². The Kier molecular flexibility index (Phi) is 5.80. The third kappa shape index (κ3) is 4.91. The third-order valence-corrected chi connectivity index (χ3v) is 4.39. The number of nitrogens with zero attached hydrogens (tertiary/aromatic N) is 2. The van der Waals surface area contributed by atoms with E-state index >= 15 is 0 Å². The van der Waals surface area contributed by atoms with Gasteiger partial charge < -0.3 is 14.7 Å². The number of hydrogen-bond donors (Lipinski definition) is 1. The highest BCUT2D eigenvalue weighted by atomic mass is 19.1. The van der Waals surface area contributed by atoms with E-state index in [1.807, 2.05) is 0 Å². The van der Waals surface area contributed by atoms with Gasteiger partial charge in [-0.3, -0.25) is 14.6 Å². The Morgan fingerprint density at radius 2 is 2.04 bits per heavy atom. The second-order valence-electron chi connectivity index (χ2n) is 6.25. The average molecular weight is 370 g/mol. The molecule has 7 heteroatoms. The largest absolute Gasteiger partial charge is 0.481 e. The Morgan fingerprint density at radius 1 is 1.26 bits per heavy atom. The maximum absolute atomic E-state index is 14.2. The number of pyridine rings is 1. The molecule has 0 radical (unpaired) electrons. The molecule has 1 saturated heterocycles. The van der Waals surface area contributed by atoms with Crippen LogP contribution in [0.1, 0.15) is 18.4 Å². The lowest BCUT2D eigenvalue weighted by molar-refractivity contribution is -0.144. The smallest absolute Gasteiger partial charge is 0.306 e. The summed E-state index contributed by atoms with van der Waals surface area (Å²) in [5, 5.41) is 8.99. The first kappa shape index (κ1) is 18.6. The number of rotatable bonds is 5. The van der Waals surface area contributed by atoms with Gasteiger partial charge in [-0.05, 0) is 48.7 Å². The number of carboxylic acid groups (broad SMARTS) is 1. The Labute approximate surface area is 155 Å². The highest BCUT2D eigenvalue weighted by molar-refractivity contribution is 5.92. The van der Waals surface area contributed by atoms with E-state index in [0.717, 1.165) is 0 Å². The van der Waals surface area contributed by atoms with Crippen molar-refractivity contribution in [1.82, 2.24) is 9.88 Å². The summed E-state index contributed by atoms with van der Waals surface area (Å²) in [6.07, 6.45) is 6.88. The van der Waals surface area contributed by atoms with Crippen molar-refractivity contribution in [2.45, 2.75) is 12.8 Å². The fraction of sp³-hybridized carbons (Fsp3) is 0.250. The second-order valence-corrected chi connectivity index (χ2v) is 6.25. The minimum atomic E-state index is -0.818. The van der Waals surface area contributed by atoms with Crippen LogP contribution in [0, 0.1) is 11.7 Å². The molecule has 1 aliphatic rings. The van der Waals surface area contributed by atoms with Crippen LogP contribution in [0.5, 0.6) is 11.5 Å². The number of likely N-dealkylation sites (tertiary alicyclic amines) is 1. The lowest BCUT2D eigenvalue weighted by Gasteiger charge is -2.29. The number of carbonyl (C=O) groups excluding carboxylic acids is 1. The Morgan fingerprint density at radius 3 is 2.67 bits per heavy atom. The normalized spacial score (nSPS) is 15.1. The Balaban J connectivity index is 1.59. The van der Waals surface area contributed by atoms with Crippen molar-refractivity contribution in [3.8, 4) is 11.5 Å². The van der Waals surface area contributed by atoms with Crippen LogP contribution < -0.4 is 4.74 Å². The summed E-state index contributed by atoms with van der Waals surface area (Å²) in [6, 6.07) is 7.79. The van der Waals surface area contributed by atoms with Gasteiger partial charge >= 0.3 is 5.97 Å². The summed E-state index contributed by atoms with van der Waals surface area (Å²) in [6.45, 7) is 0.818. The molecule has 1 amide bonds. The molecule has 1 fully saturated rings. The van der Waals surface area contributed by atoms with Crippen LogP contribution in [0.25, 0.3) is 6.08 Å². The van der Waals surface area contributed by atoms with Crippen molar-refractivity contribution in [3.63, 3.8) is 0 Å². The molecule has 3 rings (SSSR count). The molecule has 1 N–H and O–H groups in total. The molecule has 0 saturated carbocycles. The molecule has 1 aromatic heterocycles. The molecule has 1 aliphatic heterocycles. The van der Waals surface area contributed by atoms with Gasteiger partial charge in [-0.2, -0.15) is 0 Å². The Bertz CT molecular complexity index is 846. The number of hydrogen-bond acceptors (Lipinski definition) is 4. The number of ether oxygens (including phenoxy) is 1. The molecule has 0 bridgehead atoms. The molecular formula is C20H19FN2O4. The van der Waals surface area contributed by atoms with Gasteiger partial charge in [0, 0.05) is 25.4 Å². The van der Waals surface area contributed by atoms with E-state index in [1.165, 1.54) is 30.5 Å². The predicted octanol–water partition coefficient (Wildman–Crippen LogP) is 3.35. The molecule has 0 spiro atoms. The van der Waals surface area contributed by atoms with Crippen LogP contribution in [0.4, 0.5) is 4.39 Å². The first-order valence-electron chi connectivity index (χ1n) is 8.60. The van der Waals surface area contributed by atoms with E-state index in [1.54, 1.807) is 29.3 Å². The van der Waals surface area contributed by atoms with Crippen molar-refractivity contribution in [2.24, 2.45) is 5.92 Å². The first-order valence-corrected chi connectivity index (χ1v) is 8.60. The zero-order valence-electron chi connectivity index (χ0n) is 14.5. The van der Waals surface area contributed by atoms with Gasteiger partial charge in [-0.15, -0.1) is 0 Å². The molecule has 2 heterocycles. The van der Waals surface area contributed by atoms with Gasteiger partial charge in [-0.1, -0.05) is 6.07 Å². The van der Waals surface area contributed by atoms with E-state index in [4.69, 9.17) is 9.84 Å². The summed E-state index contributed by atoms with van der Waals surface area (Å²) >= 11 is 0. The maximum atomic E-state index is 14.2. The minimum Gasteiger partial charge on any atom is -0.481 e. The maximum Gasteiger partial charge on any atom is 0.306 e. The van der Waals surface area contributed by atoms with Crippen LogP contribution >= 0.6 is 0 Å². The van der Waals surface area contributed by atoms with Crippen molar-refractivity contribution >= 4 is 18.0 Å².